The first kappa shape index (κ1) is 30.1. The number of aromatic nitrogens is 4. The van der Waals surface area contributed by atoms with Gasteiger partial charge in [0.05, 0.1) is 16.7 Å². The van der Waals surface area contributed by atoms with Gasteiger partial charge in [-0.3, -0.25) is 0 Å². The monoisotopic (exact) mass is 698 g/mol. The Balaban J connectivity index is 1.28. The molecule has 0 saturated heterocycles. The van der Waals surface area contributed by atoms with Crippen molar-refractivity contribution in [2.75, 3.05) is 0 Å². The highest BCUT2D eigenvalue weighted by Crippen LogP contribution is 2.46. The molecule has 0 amide bonds. The Morgan fingerprint density at radius 3 is 1.13 bits per heavy atom. The van der Waals surface area contributed by atoms with Crippen molar-refractivity contribution >= 4 is 75.7 Å². The summed E-state index contributed by atoms with van der Waals surface area (Å²) in [7, 11) is 0. The normalized spacial score (nSPS) is 12.0. The molecule has 0 saturated carbocycles. The molecule has 0 atom stereocenters. The smallest absolute Gasteiger partial charge is 0.166 e. The van der Waals surface area contributed by atoms with Crippen molar-refractivity contribution < 1.29 is 0 Å². The Labute approximate surface area is 315 Å². The van der Waals surface area contributed by atoms with Crippen LogP contribution in [0.25, 0.3) is 116 Å². The Hall–Kier alpha value is -7.43. The molecule has 0 unspecified atom stereocenters. The molecule has 2 heterocycles. The third-order valence-electron chi connectivity index (χ3n) is 11.4. The van der Waals surface area contributed by atoms with Crippen LogP contribution in [0, 0.1) is 0 Å². The topological polar surface area (TPSA) is 43.6 Å². The molecule has 12 rings (SSSR count). The number of rotatable bonds is 4. The van der Waals surface area contributed by atoms with Crippen molar-refractivity contribution in [1.82, 2.24) is 19.5 Å². The summed E-state index contributed by atoms with van der Waals surface area (Å²) in [4.78, 5) is 15.7. The molecule has 254 valence electrons. The fourth-order valence-electron chi connectivity index (χ4n) is 9.00. The molecule has 2 aromatic heterocycles. The number of nitrogens with zero attached hydrogens (tertiary/aromatic N) is 4. The quantitative estimate of drug-likeness (QED) is 0.172. The highest BCUT2D eigenvalue weighted by atomic mass is 15.1. The second kappa shape index (κ2) is 11.5. The van der Waals surface area contributed by atoms with Crippen LogP contribution in [0.1, 0.15) is 0 Å². The van der Waals surface area contributed by atoms with Crippen LogP contribution in [0.5, 0.6) is 0 Å². The van der Waals surface area contributed by atoms with Gasteiger partial charge in [0.2, 0.25) is 0 Å². The van der Waals surface area contributed by atoms with Crippen molar-refractivity contribution in [3.05, 3.63) is 182 Å². The van der Waals surface area contributed by atoms with E-state index in [4.69, 9.17) is 15.0 Å². The Morgan fingerprint density at radius 2 is 0.655 bits per heavy atom. The van der Waals surface area contributed by atoms with Crippen LogP contribution in [0.15, 0.2) is 182 Å². The lowest BCUT2D eigenvalue weighted by molar-refractivity contribution is 1.07. The number of benzene rings is 10. The molecule has 4 nitrogen and oxygen atoms in total. The fraction of sp³-hybridized carbons (Fsp3) is 0. The van der Waals surface area contributed by atoms with Crippen LogP contribution in [-0.2, 0) is 0 Å². The highest BCUT2D eigenvalue weighted by molar-refractivity contribution is 6.34. The van der Waals surface area contributed by atoms with Crippen molar-refractivity contribution in [2.24, 2.45) is 0 Å². The number of fused-ring (bicyclic) bond motifs is 9. The lowest BCUT2D eigenvalue weighted by Crippen LogP contribution is -2.04. The van der Waals surface area contributed by atoms with Gasteiger partial charge in [0.25, 0.3) is 0 Å². The first-order valence-electron chi connectivity index (χ1n) is 18.7. The molecule has 4 heteroatoms. The molecular weight excluding hydrogens is 669 g/mol. The van der Waals surface area contributed by atoms with Crippen LogP contribution in [0.4, 0.5) is 0 Å². The van der Waals surface area contributed by atoms with E-state index in [0.29, 0.717) is 17.5 Å². The van der Waals surface area contributed by atoms with Gasteiger partial charge in [0, 0.05) is 27.5 Å². The van der Waals surface area contributed by atoms with Crippen LogP contribution in [0.2, 0.25) is 0 Å². The van der Waals surface area contributed by atoms with Crippen LogP contribution in [-0.4, -0.2) is 19.5 Å². The van der Waals surface area contributed by atoms with Crippen molar-refractivity contribution in [3.8, 4) is 39.9 Å². The maximum Gasteiger partial charge on any atom is 0.166 e. The zero-order valence-corrected chi connectivity index (χ0v) is 29.6. The maximum atomic E-state index is 5.32. The average molecular weight is 699 g/mol. The van der Waals surface area contributed by atoms with Gasteiger partial charge in [-0.25, -0.2) is 15.0 Å². The Morgan fingerprint density at radius 1 is 0.291 bits per heavy atom. The minimum atomic E-state index is 0.627. The highest BCUT2D eigenvalue weighted by Gasteiger charge is 2.24. The summed E-state index contributed by atoms with van der Waals surface area (Å²) in [5.74, 6) is 1.90. The predicted octanol–water partition coefficient (Wildman–Crippen LogP) is 13.2. The maximum absolute atomic E-state index is 5.32. The molecule has 0 aliphatic heterocycles. The summed E-state index contributed by atoms with van der Waals surface area (Å²) in [6.45, 7) is 0. The second-order valence-electron chi connectivity index (χ2n) is 14.3. The third-order valence-corrected chi connectivity index (χ3v) is 11.4. The molecule has 12 aromatic rings. The Kier molecular flexibility index (Phi) is 6.31. The van der Waals surface area contributed by atoms with Crippen LogP contribution in [0.3, 0.4) is 0 Å². The first-order chi connectivity index (χ1) is 27.3. The molecule has 0 radical (unpaired) electrons. The molecule has 0 N–H and O–H groups in total. The summed E-state index contributed by atoms with van der Waals surface area (Å²) in [6.07, 6.45) is 0. The van der Waals surface area contributed by atoms with Crippen molar-refractivity contribution in [3.63, 3.8) is 0 Å². The molecule has 0 aliphatic rings. The minimum Gasteiger partial charge on any atom is -0.308 e. The van der Waals surface area contributed by atoms with Gasteiger partial charge in [-0.1, -0.05) is 158 Å². The van der Waals surface area contributed by atoms with Gasteiger partial charge < -0.3 is 4.57 Å². The van der Waals surface area contributed by atoms with Gasteiger partial charge >= 0.3 is 0 Å². The molecule has 10 aromatic carbocycles. The molecule has 0 spiro atoms. The average Bonchev–Trinajstić information content (AvgIpc) is 3.61. The van der Waals surface area contributed by atoms with Crippen LogP contribution >= 0.6 is 0 Å². The van der Waals surface area contributed by atoms with Gasteiger partial charge in [-0.15, -0.1) is 0 Å². The van der Waals surface area contributed by atoms with Crippen molar-refractivity contribution in [1.29, 1.82) is 0 Å². The van der Waals surface area contributed by atoms with Gasteiger partial charge in [-0.2, -0.15) is 0 Å². The molecular formula is C51H30N4. The van der Waals surface area contributed by atoms with E-state index in [0.717, 1.165) is 38.8 Å². The van der Waals surface area contributed by atoms with Gasteiger partial charge in [-0.05, 0) is 78.1 Å². The van der Waals surface area contributed by atoms with Crippen molar-refractivity contribution in [2.45, 2.75) is 0 Å². The molecule has 55 heavy (non-hydrogen) atoms. The minimum absolute atomic E-state index is 0.627. The summed E-state index contributed by atoms with van der Waals surface area (Å²) < 4.78 is 2.45. The van der Waals surface area contributed by atoms with Gasteiger partial charge in [0.15, 0.2) is 17.5 Å². The van der Waals surface area contributed by atoms with Crippen LogP contribution < -0.4 is 0 Å². The lowest BCUT2D eigenvalue weighted by Gasteiger charge is -2.18. The van der Waals surface area contributed by atoms with E-state index in [1.54, 1.807) is 0 Å². The van der Waals surface area contributed by atoms with E-state index in [1.807, 2.05) is 36.4 Å². The number of hydrogen-bond donors (Lipinski definition) is 0. The number of hydrogen-bond acceptors (Lipinski definition) is 3. The summed E-state index contributed by atoms with van der Waals surface area (Å²) >= 11 is 0. The summed E-state index contributed by atoms with van der Waals surface area (Å²) in [5, 5.41) is 14.8. The first-order valence-corrected chi connectivity index (χ1v) is 18.7. The zero-order chi connectivity index (χ0) is 36.0. The predicted molar refractivity (Wildman–Crippen MR) is 229 cm³/mol. The van der Waals surface area contributed by atoms with E-state index >= 15 is 0 Å². The van der Waals surface area contributed by atoms with E-state index in [2.05, 4.69) is 150 Å². The summed E-state index contributed by atoms with van der Waals surface area (Å²) in [6, 6.07) is 65.0. The summed E-state index contributed by atoms with van der Waals surface area (Å²) in [5.41, 5.74) is 6.16. The SMILES string of the molecule is c1ccc(-c2nc(-c3ccccc3)nc(-c3cc4c5ccccc5c5ccccc5c4cc3-n3c4cccc5c6ccccc6c6cccc3c6c54)n2)cc1. The second-order valence-corrected chi connectivity index (χ2v) is 14.3. The molecule has 0 bridgehead atoms. The lowest BCUT2D eigenvalue weighted by atomic mass is 9.92. The fourth-order valence-corrected chi connectivity index (χ4v) is 9.00. The van der Waals surface area contributed by atoms with E-state index in [1.165, 1.54) is 59.2 Å². The van der Waals surface area contributed by atoms with E-state index in [-0.39, 0.29) is 0 Å². The standard InChI is InChI=1S/C51H30N4/c1-3-15-31(16-4-1)49-52-50(32-17-5-2-6-18-32)54-51(53-49)43-29-41-37-23-11-7-19-33(37)34-20-8-12-24-38(34)42(41)30-46(43)55-44-27-13-25-39-35-21-9-10-22-36(35)40-26-14-28-45(55)48(40)47(39)44/h1-30H. The van der Waals surface area contributed by atoms with E-state index in [9.17, 15) is 0 Å². The largest absolute Gasteiger partial charge is 0.308 e. The Bertz CT molecular complexity index is 3330. The zero-order valence-electron chi connectivity index (χ0n) is 29.6. The molecule has 0 aliphatic carbocycles. The molecule has 0 fully saturated rings. The van der Waals surface area contributed by atoms with E-state index < -0.39 is 0 Å². The third kappa shape index (κ3) is 4.37. The van der Waals surface area contributed by atoms with Gasteiger partial charge in [0.1, 0.15) is 0 Å².